The Morgan fingerprint density at radius 2 is 1.57 bits per heavy atom. The van der Waals surface area contributed by atoms with Gasteiger partial charge in [0.25, 0.3) is 0 Å². The van der Waals surface area contributed by atoms with E-state index in [-0.39, 0.29) is 47.1 Å². The smallest absolute Gasteiger partial charge is 0.225 e. The van der Waals surface area contributed by atoms with Crippen molar-refractivity contribution in [3.63, 3.8) is 0 Å². The molecule has 0 unspecified atom stereocenters. The van der Waals surface area contributed by atoms with E-state index in [1.165, 1.54) is 0 Å². The summed E-state index contributed by atoms with van der Waals surface area (Å²) in [7, 11) is 1.76. The van der Waals surface area contributed by atoms with Gasteiger partial charge in [-0.1, -0.05) is 20.8 Å². The van der Waals surface area contributed by atoms with Crippen molar-refractivity contribution in [1.82, 2.24) is 20.4 Å². The summed E-state index contributed by atoms with van der Waals surface area (Å²) >= 11 is 0. The second-order valence-electron chi connectivity index (χ2n) is 8.18. The largest absolute Gasteiger partial charge is 0.378 e. The summed E-state index contributed by atoms with van der Waals surface area (Å²) in [5.74, 6) is 1.24. The summed E-state index contributed by atoms with van der Waals surface area (Å²) in [6.07, 6.45) is 1.69. The predicted molar refractivity (Wildman–Crippen MR) is 121 cm³/mol. The maximum atomic E-state index is 12.6. The Morgan fingerprint density at radius 1 is 1.00 bits per heavy atom. The number of hydrogen-bond acceptors (Lipinski definition) is 4. The van der Waals surface area contributed by atoms with Crippen molar-refractivity contribution in [2.24, 2.45) is 16.3 Å². The molecule has 0 aliphatic carbocycles. The average molecular weight is 509 g/mol. The van der Waals surface area contributed by atoms with Crippen LogP contribution in [0.3, 0.4) is 0 Å². The van der Waals surface area contributed by atoms with Crippen molar-refractivity contribution in [3.8, 4) is 0 Å². The molecule has 2 amide bonds. The van der Waals surface area contributed by atoms with Gasteiger partial charge in [-0.2, -0.15) is 0 Å². The van der Waals surface area contributed by atoms with Gasteiger partial charge in [-0.25, -0.2) is 0 Å². The minimum Gasteiger partial charge on any atom is -0.378 e. The van der Waals surface area contributed by atoms with Crippen molar-refractivity contribution < 1.29 is 14.3 Å². The minimum absolute atomic E-state index is 0. The lowest BCUT2D eigenvalue weighted by Gasteiger charge is -2.36. The number of hydrogen-bond donors (Lipinski definition) is 2. The van der Waals surface area contributed by atoms with E-state index in [1.807, 2.05) is 25.7 Å². The Morgan fingerprint density at radius 3 is 2.11 bits per heavy atom. The molecule has 8 nitrogen and oxygen atoms in total. The molecule has 0 saturated carbocycles. The Hall–Kier alpha value is -1.10. The lowest BCUT2D eigenvalue weighted by molar-refractivity contribution is -0.140. The van der Waals surface area contributed by atoms with Gasteiger partial charge in [0.15, 0.2) is 5.96 Å². The van der Waals surface area contributed by atoms with E-state index in [1.54, 1.807) is 7.05 Å². The third-order valence-corrected chi connectivity index (χ3v) is 5.05. The van der Waals surface area contributed by atoms with Gasteiger partial charge < -0.3 is 25.2 Å². The number of likely N-dealkylation sites (tertiary alicyclic amines) is 1. The molecule has 0 aromatic carbocycles. The number of amides is 2. The molecule has 9 heteroatoms. The minimum atomic E-state index is -0.378. The molecule has 2 rings (SSSR count). The van der Waals surface area contributed by atoms with Crippen molar-refractivity contribution >= 4 is 41.8 Å². The van der Waals surface area contributed by atoms with E-state index in [0.717, 1.165) is 31.9 Å². The highest BCUT2D eigenvalue weighted by Gasteiger charge is 2.30. The summed E-state index contributed by atoms with van der Waals surface area (Å²) in [6, 6.07) is 0. The molecule has 2 aliphatic heterocycles. The molecule has 28 heavy (non-hydrogen) atoms. The highest BCUT2D eigenvalue weighted by molar-refractivity contribution is 14.0. The molecular weight excluding hydrogens is 473 g/mol. The van der Waals surface area contributed by atoms with E-state index in [0.29, 0.717) is 39.4 Å². The molecule has 0 spiro atoms. The first-order chi connectivity index (χ1) is 12.8. The molecule has 0 bridgehead atoms. The Labute approximate surface area is 185 Å². The van der Waals surface area contributed by atoms with Crippen LogP contribution < -0.4 is 10.6 Å². The maximum Gasteiger partial charge on any atom is 0.225 e. The summed E-state index contributed by atoms with van der Waals surface area (Å²) < 4.78 is 5.33. The summed E-state index contributed by atoms with van der Waals surface area (Å²) in [4.78, 5) is 33.0. The summed E-state index contributed by atoms with van der Waals surface area (Å²) in [5, 5.41) is 6.23. The fourth-order valence-electron chi connectivity index (χ4n) is 3.33. The Kier molecular flexibility index (Phi) is 10.5. The number of halogens is 1. The van der Waals surface area contributed by atoms with Crippen molar-refractivity contribution in [1.29, 1.82) is 0 Å². The van der Waals surface area contributed by atoms with Crippen LogP contribution in [0.1, 0.15) is 33.6 Å². The SMILES string of the molecule is CN=C(NCCNC(=O)C(C)(C)C)N1CCC(C(=O)N2CCOCC2)CC1.I. The van der Waals surface area contributed by atoms with Crippen molar-refractivity contribution in [2.45, 2.75) is 33.6 Å². The topological polar surface area (TPSA) is 86.3 Å². The highest BCUT2D eigenvalue weighted by atomic mass is 127. The summed E-state index contributed by atoms with van der Waals surface area (Å²) in [6.45, 7) is 11.2. The molecule has 162 valence electrons. The van der Waals surface area contributed by atoms with Gasteiger partial charge >= 0.3 is 0 Å². The van der Waals surface area contributed by atoms with Crippen LogP contribution in [-0.4, -0.2) is 87.1 Å². The van der Waals surface area contributed by atoms with Crippen LogP contribution in [0.2, 0.25) is 0 Å². The molecule has 0 radical (unpaired) electrons. The van der Waals surface area contributed by atoms with E-state index in [2.05, 4.69) is 20.5 Å². The lowest BCUT2D eigenvalue weighted by Crippen LogP contribution is -2.50. The van der Waals surface area contributed by atoms with Crippen LogP contribution in [0.4, 0.5) is 0 Å². The molecule has 0 atom stereocenters. The highest BCUT2D eigenvalue weighted by Crippen LogP contribution is 2.20. The van der Waals surface area contributed by atoms with Crippen LogP contribution in [0, 0.1) is 11.3 Å². The van der Waals surface area contributed by atoms with Crippen molar-refractivity contribution in [3.05, 3.63) is 0 Å². The zero-order valence-corrected chi connectivity index (χ0v) is 20.0. The molecular formula is C19H36IN5O3. The first kappa shape index (κ1) is 24.9. The third-order valence-electron chi connectivity index (χ3n) is 5.05. The number of carbonyl (C=O) groups excluding carboxylic acids is 2. The second kappa shape index (κ2) is 11.8. The monoisotopic (exact) mass is 509 g/mol. The van der Waals surface area contributed by atoms with Gasteiger partial charge in [-0.3, -0.25) is 14.6 Å². The van der Waals surface area contributed by atoms with Gasteiger partial charge in [0.1, 0.15) is 0 Å². The molecule has 2 N–H and O–H groups in total. The number of guanidine groups is 1. The van der Waals surface area contributed by atoms with Crippen molar-refractivity contribution in [2.75, 3.05) is 59.5 Å². The number of aliphatic imine (C=N–C) groups is 1. The number of carbonyl (C=O) groups is 2. The molecule has 2 heterocycles. The zero-order chi connectivity index (χ0) is 19.9. The molecule has 2 fully saturated rings. The van der Waals surface area contributed by atoms with E-state index in [4.69, 9.17) is 4.74 Å². The number of ether oxygens (including phenoxy) is 1. The van der Waals surface area contributed by atoms with Gasteiger partial charge in [-0.15, -0.1) is 24.0 Å². The predicted octanol–water partition coefficient (Wildman–Crippen LogP) is 0.913. The number of morpholine rings is 1. The number of rotatable bonds is 4. The lowest BCUT2D eigenvalue weighted by atomic mass is 9.95. The first-order valence-electron chi connectivity index (χ1n) is 9.93. The zero-order valence-electron chi connectivity index (χ0n) is 17.6. The fourth-order valence-corrected chi connectivity index (χ4v) is 3.33. The molecule has 0 aromatic rings. The quantitative estimate of drug-likeness (QED) is 0.255. The van der Waals surface area contributed by atoms with Gasteiger partial charge in [0.2, 0.25) is 11.8 Å². The van der Waals surface area contributed by atoms with Crippen LogP contribution >= 0.6 is 24.0 Å². The molecule has 2 aliphatic rings. The van der Waals surface area contributed by atoms with Gasteiger partial charge in [0, 0.05) is 57.6 Å². The number of piperidine rings is 1. The van der Waals surface area contributed by atoms with Gasteiger partial charge in [-0.05, 0) is 12.8 Å². The average Bonchev–Trinajstić information content (AvgIpc) is 2.67. The van der Waals surface area contributed by atoms with Gasteiger partial charge in [0.05, 0.1) is 13.2 Å². The second-order valence-corrected chi connectivity index (χ2v) is 8.18. The number of nitrogens with zero attached hydrogens (tertiary/aromatic N) is 3. The summed E-state index contributed by atoms with van der Waals surface area (Å²) in [5.41, 5.74) is -0.378. The van der Waals surface area contributed by atoms with Crippen LogP contribution in [0.25, 0.3) is 0 Å². The fraction of sp³-hybridized carbons (Fsp3) is 0.842. The van der Waals surface area contributed by atoms with Crippen LogP contribution in [0.15, 0.2) is 4.99 Å². The number of nitrogens with one attached hydrogen (secondary N) is 2. The third kappa shape index (κ3) is 7.38. The molecule has 0 aromatic heterocycles. The Balaban J connectivity index is 0.00000392. The molecule has 2 saturated heterocycles. The normalized spacial score (nSPS) is 19.1. The van der Waals surface area contributed by atoms with E-state index in [9.17, 15) is 9.59 Å². The van der Waals surface area contributed by atoms with Crippen LogP contribution in [0.5, 0.6) is 0 Å². The maximum absolute atomic E-state index is 12.6. The van der Waals surface area contributed by atoms with E-state index >= 15 is 0 Å². The first-order valence-corrected chi connectivity index (χ1v) is 9.93. The van der Waals surface area contributed by atoms with Crippen LogP contribution in [-0.2, 0) is 14.3 Å². The Bertz CT molecular complexity index is 536. The standard InChI is InChI=1S/C19H35N5O3.HI/c1-19(2,3)17(26)21-7-8-22-18(20-4)24-9-5-15(6-10-24)16(25)23-11-13-27-14-12-23;/h15H,5-14H2,1-4H3,(H,20,22)(H,21,26);1H. The van der Waals surface area contributed by atoms with E-state index < -0.39 is 0 Å².